The van der Waals surface area contributed by atoms with Gasteiger partial charge in [-0.15, -0.1) is 0 Å². The molecule has 0 atom stereocenters. The molecule has 0 aliphatic rings. The van der Waals surface area contributed by atoms with E-state index in [1.165, 1.54) is 25.3 Å². The summed E-state index contributed by atoms with van der Waals surface area (Å²) in [7, 11) is 0.799. The average molecular weight is 517 g/mol. The van der Waals surface area contributed by atoms with Crippen LogP contribution in [0.5, 0.6) is 17.2 Å². The summed E-state index contributed by atoms with van der Waals surface area (Å²) >= 11 is 0. The van der Waals surface area contributed by atoms with Gasteiger partial charge in [-0.1, -0.05) is 36.4 Å². The maximum Gasteiger partial charge on any atom is 0.268 e. The van der Waals surface area contributed by atoms with Crippen LogP contribution in [0.3, 0.4) is 0 Å². The molecule has 0 saturated heterocycles. The zero-order valence-electron chi connectivity index (χ0n) is 20.4. The van der Waals surface area contributed by atoms with Gasteiger partial charge >= 0.3 is 0 Å². The van der Waals surface area contributed by atoms with Crippen LogP contribution in [-0.2, 0) is 10.0 Å². The molecule has 0 aliphatic heterocycles. The van der Waals surface area contributed by atoms with Gasteiger partial charge in [0.15, 0.2) is 11.5 Å². The Bertz CT molecular complexity index is 1660. The topological polar surface area (TPSA) is 105 Å². The van der Waals surface area contributed by atoms with Crippen molar-refractivity contribution in [2.75, 3.05) is 26.6 Å². The van der Waals surface area contributed by atoms with Crippen molar-refractivity contribution in [3.8, 4) is 28.5 Å². The van der Waals surface area contributed by atoms with E-state index in [4.69, 9.17) is 14.2 Å². The number of fused-ring (bicyclic) bond motifs is 1. The number of methoxy groups -OCH3 is 3. The van der Waals surface area contributed by atoms with E-state index < -0.39 is 10.0 Å². The van der Waals surface area contributed by atoms with E-state index in [1.54, 1.807) is 73.1 Å². The summed E-state index contributed by atoms with van der Waals surface area (Å²) in [6.07, 6.45) is 3.21. The van der Waals surface area contributed by atoms with Gasteiger partial charge in [0.1, 0.15) is 0 Å². The lowest BCUT2D eigenvalue weighted by Gasteiger charge is -2.14. The predicted octanol–water partition coefficient (Wildman–Crippen LogP) is 5.10. The van der Waals surface area contributed by atoms with Crippen LogP contribution >= 0.6 is 0 Å². The Kier molecular flexibility index (Phi) is 6.41. The number of nitrogens with one attached hydrogen (secondary N) is 1. The van der Waals surface area contributed by atoms with Gasteiger partial charge < -0.3 is 19.5 Å². The Balaban J connectivity index is 1.57. The fraction of sp³-hybridized carbons (Fsp3) is 0.111. The van der Waals surface area contributed by atoms with Crippen LogP contribution in [0, 0.1) is 0 Å². The zero-order chi connectivity index (χ0) is 26.0. The second-order valence-corrected chi connectivity index (χ2v) is 9.79. The molecule has 1 N–H and O–H groups in total. The average Bonchev–Trinajstić information content (AvgIpc) is 3.34. The van der Waals surface area contributed by atoms with Crippen molar-refractivity contribution in [2.45, 2.75) is 4.90 Å². The molecule has 5 aromatic rings. The molecule has 5 rings (SSSR count). The molecule has 9 nitrogen and oxygen atoms in total. The summed E-state index contributed by atoms with van der Waals surface area (Å²) < 4.78 is 44.4. The molecule has 2 aromatic heterocycles. The SMILES string of the molecule is COc1cc(Nc2nccc(-c3cn(S(=O)(=O)c4ccccc4)c4ccccc34)n2)cc(OC)c1OC. The number of ether oxygens (including phenoxy) is 3. The van der Waals surface area contributed by atoms with E-state index in [0.717, 1.165) is 5.39 Å². The number of aromatic nitrogens is 3. The van der Waals surface area contributed by atoms with Gasteiger partial charge in [0.05, 0.1) is 37.4 Å². The minimum absolute atomic E-state index is 0.203. The highest BCUT2D eigenvalue weighted by atomic mass is 32.2. The van der Waals surface area contributed by atoms with Gasteiger partial charge in [0.2, 0.25) is 11.7 Å². The lowest BCUT2D eigenvalue weighted by atomic mass is 10.1. The minimum atomic E-state index is -3.82. The van der Waals surface area contributed by atoms with E-state index in [-0.39, 0.29) is 4.90 Å². The predicted molar refractivity (Wildman–Crippen MR) is 141 cm³/mol. The number of nitrogens with zero attached hydrogens (tertiary/aromatic N) is 3. The van der Waals surface area contributed by atoms with Crippen LogP contribution in [0.2, 0.25) is 0 Å². The molecule has 0 saturated carbocycles. The quantitative estimate of drug-likeness (QED) is 0.304. The van der Waals surface area contributed by atoms with Crippen molar-refractivity contribution in [1.82, 2.24) is 13.9 Å². The fourth-order valence-electron chi connectivity index (χ4n) is 4.11. The third-order valence-electron chi connectivity index (χ3n) is 5.83. The lowest BCUT2D eigenvalue weighted by Crippen LogP contribution is -2.11. The number of hydrogen-bond acceptors (Lipinski definition) is 8. The molecule has 0 fully saturated rings. The molecule has 37 heavy (non-hydrogen) atoms. The smallest absolute Gasteiger partial charge is 0.268 e. The second-order valence-electron chi connectivity index (χ2n) is 7.98. The highest BCUT2D eigenvalue weighted by molar-refractivity contribution is 7.90. The maximum absolute atomic E-state index is 13.5. The largest absolute Gasteiger partial charge is 0.493 e. The molecule has 0 bridgehead atoms. The third kappa shape index (κ3) is 4.43. The van der Waals surface area contributed by atoms with Gasteiger partial charge in [-0.25, -0.2) is 22.4 Å². The Labute approximate surface area is 214 Å². The third-order valence-corrected chi connectivity index (χ3v) is 7.52. The second kappa shape index (κ2) is 9.82. The highest BCUT2D eigenvalue weighted by Gasteiger charge is 2.22. The molecule has 2 heterocycles. The number of anilines is 2. The Morgan fingerprint density at radius 3 is 2.19 bits per heavy atom. The first-order chi connectivity index (χ1) is 18.0. The number of rotatable bonds is 8. The minimum Gasteiger partial charge on any atom is -0.493 e. The van der Waals surface area contributed by atoms with Crippen LogP contribution in [0.25, 0.3) is 22.2 Å². The standard InChI is InChI=1S/C27H24N4O5S/c1-34-24-15-18(16-25(35-2)26(24)36-3)29-27-28-14-13-22(30-27)21-17-31(23-12-8-7-11-20(21)23)37(32,33)19-9-5-4-6-10-19/h4-17H,1-3H3,(H,28,29,30). The summed E-state index contributed by atoms with van der Waals surface area (Å²) in [5, 5.41) is 3.91. The molecule has 0 radical (unpaired) electrons. The van der Waals surface area contributed by atoms with E-state index in [0.29, 0.717) is 45.7 Å². The van der Waals surface area contributed by atoms with Crippen molar-refractivity contribution in [3.05, 3.63) is 85.2 Å². The number of benzene rings is 3. The summed E-state index contributed by atoms with van der Waals surface area (Å²) in [6, 6.07) is 20.9. The number of hydrogen-bond donors (Lipinski definition) is 1. The van der Waals surface area contributed by atoms with Gasteiger partial charge in [-0.2, -0.15) is 0 Å². The Morgan fingerprint density at radius 2 is 1.51 bits per heavy atom. The first-order valence-corrected chi connectivity index (χ1v) is 12.7. The molecule has 10 heteroatoms. The Hall–Kier alpha value is -4.57. The number of para-hydroxylation sites is 1. The van der Waals surface area contributed by atoms with Crippen molar-refractivity contribution in [1.29, 1.82) is 0 Å². The van der Waals surface area contributed by atoms with Crippen molar-refractivity contribution >= 4 is 32.6 Å². The molecule has 0 unspecified atom stereocenters. The summed E-state index contributed by atoms with van der Waals surface area (Å²) in [6.45, 7) is 0. The monoisotopic (exact) mass is 516 g/mol. The van der Waals surface area contributed by atoms with Gasteiger partial charge in [0, 0.05) is 41.2 Å². The first-order valence-electron chi connectivity index (χ1n) is 11.3. The normalized spacial score (nSPS) is 11.3. The summed E-state index contributed by atoms with van der Waals surface area (Å²) in [5.41, 5.74) is 2.40. The van der Waals surface area contributed by atoms with Gasteiger partial charge in [0.25, 0.3) is 10.0 Å². The van der Waals surface area contributed by atoms with E-state index in [2.05, 4.69) is 15.3 Å². The first kappa shape index (κ1) is 24.1. The molecule has 188 valence electrons. The van der Waals surface area contributed by atoms with Crippen molar-refractivity contribution in [3.63, 3.8) is 0 Å². The van der Waals surface area contributed by atoms with Crippen LogP contribution in [0.4, 0.5) is 11.6 Å². The lowest BCUT2D eigenvalue weighted by molar-refractivity contribution is 0.324. The fourth-order valence-corrected chi connectivity index (χ4v) is 5.50. The molecular weight excluding hydrogens is 492 g/mol. The van der Waals surface area contributed by atoms with E-state index in [1.807, 2.05) is 12.1 Å². The van der Waals surface area contributed by atoms with Crippen molar-refractivity contribution in [2.24, 2.45) is 0 Å². The summed E-state index contributed by atoms with van der Waals surface area (Å²) in [5.74, 6) is 1.75. The molecular formula is C27H24N4O5S. The van der Waals surface area contributed by atoms with Crippen LogP contribution in [0.1, 0.15) is 0 Å². The van der Waals surface area contributed by atoms with Crippen molar-refractivity contribution < 1.29 is 22.6 Å². The molecule has 0 amide bonds. The maximum atomic E-state index is 13.5. The summed E-state index contributed by atoms with van der Waals surface area (Å²) in [4.78, 5) is 9.21. The van der Waals surface area contributed by atoms with E-state index >= 15 is 0 Å². The van der Waals surface area contributed by atoms with Crippen LogP contribution in [0.15, 0.2) is 90.1 Å². The molecule has 3 aromatic carbocycles. The molecule has 0 spiro atoms. The highest BCUT2D eigenvalue weighted by Crippen LogP contribution is 2.40. The zero-order valence-corrected chi connectivity index (χ0v) is 21.2. The van der Waals surface area contributed by atoms with Crippen LogP contribution < -0.4 is 19.5 Å². The van der Waals surface area contributed by atoms with Gasteiger partial charge in [-0.3, -0.25) is 0 Å². The van der Waals surface area contributed by atoms with E-state index in [9.17, 15) is 8.42 Å². The van der Waals surface area contributed by atoms with Crippen LogP contribution in [-0.4, -0.2) is 43.7 Å². The van der Waals surface area contributed by atoms with Gasteiger partial charge in [-0.05, 0) is 24.3 Å². The Morgan fingerprint density at radius 1 is 0.838 bits per heavy atom. The molecule has 0 aliphatic carbocycles.